The van der Waals surface area contributed by atoms with Gasteiger partial charge in [-0.3, -0.25) is 4.79 Å². The van der Waals surface area contributed by atoms with E-state index in [1.165, 1.54) is 0 Å². The Kier molecular flexibility index (Phi) is 4.20. The molecule has 1 atom stereocenters. The van der Waals surface area contributed by atoms with Gasteiger partial charge in [-0.2, -0.15) is 0 Å². The molecule has 108 valence electrons. The fourth-order valence-corrected chi connectivity index (χ4v) is 2.62. The second-order valence-electron chi connectivity index (χ2n) is 5.34. The molecule has 0 saturated carbocycles. The first-order valence-corrected chi connectivity index (χ1v) is 7.34. The van der Waals surface area contributed by atoms with Crippen molar-refractivity contribution in [3.63, 3.8) is 0 Å². The third kappa shape index (κ3) is 3.63. The monoisotopic (exact) mass is 281 g/mol. The maximum atomic E-state index is 12.3. The molecule has 3 heteroatoms. The van der Waals surface area contributed by atoms with Crippen LogP contribution in [0.4, 0.5) is 0 Å². The number of rotatable bonds is 4. The van der Waals surface area contributed by atoms with Crippen molar-refractivity contribution in [1.29, 1.82) is 0 Å². The molecule has 1 saturated heterocycles. The minimum Gasteiger partial charge on any atom is -0.489 e. The van der Waals surface area contributed by atoms with Gasteiger partial charge in [-0.1, -0.05) is 48.5 Å². The quantitative estimate of drug-likeness (QED) is 0.862. The Hall–Kier alpha value is -2.29. The Morgan fingerprint density at radius 3 is 2.43 bits per heavy atom. The van der Waals surface area contributed by atoms with Gasteiger partial charge in [0.1, 0.15) is 11.9 Å². The van der Waals surface area contributed by atoms with Crippen LogP contribution in [0.5, 0.6) is 5.75 Å². The molecule has 21 heavy (non-hydrogen) atoms. The van der Waals surface area contributed by atoms with E-state index in [0.717, 1.165) is 24.3 Å². The van der Waals surface area contributed by atoms with Crippen molar-refractivity contribution >= 4 is 5.91 Å². The number of benzene rings is 2. The molecule has 1 aliphatic heterocycles. The topological polar surface area (TPSA) is 29.5 Å². The fraction of sp³-hybridized carbons (Fsp3) is 0.278. The van der Waals surface area contributed by atoms with E-state index < -0.39 is 0 Å². The maximum absolute atomic E-state index is 12.3. The molecule has 1 unspecified atom stereocenters. The maximum Gasteiger partial charge on any atom is 0.227 e. The number of carbonyl (C=O) groups is 1. The van der Waals surface area contributed by atoms with Crippen LogP contribution in [-0.2, 0) is 11.2 Å². The van der Waals surface area contributed by atoms with Crippen LogP contribution in [-0.4, -0.2) is 30.0 Å². The zero-order valence-electron chi connectivity index (χ0n) is 11.9. The summed E-state index contributed by atoms with van der Waals surface area (Å²) < 4.78 is 5.91. The highest BCUT2D eigenvalue weighted by atomic mass is 16.5. The van der Waals surface area contributed by atoms with Crippen molar-refractivity contribution in [2.45, 2.75) is 18.9 Å². The summed E-state index contributed by atoms with van der Waals surface area (Å²) in [7, 11) is 0. The highest BCUT2D eigenvalue weighted by Gasteiger charge is 2.27. The zero-order chi connectivity index (χ0) is 14.5. The van der Waals surface area contributed by atoms with Crippen LogP contribution >= 0.6 is 0 Å². The first-order chi connectivity index (χ1) is 10.3. The molecule has 1 heterocycles. The molecule has 0 N–H and O–H groups in total. The molecule has 3 nitrogen and oxygen atoms in total. The number of hydrogen-bond acceptors (Lipinski definition) is 2. The summed E-state index contributed by atoms with van der Waals surface area (Å²) in [4.78, 5) is 14.2. The molecule has 2 aromatic carbocycles. The lowest BCUT2D eigenvalue weighted by atomic mass is 10.1. The molecule has 0 aromatic heterocycles. The van der Waals surface area contributed by atoms with Gasteiger partial charge in [-0.25, -0.2) is 0 Å². The average Bonchev–Trinajstić information content (AvgIpc) is 2.98. The van der Waals surface area contributed by atoms with Gasteiger partial charge in [0.25, 0.3) is 0 Å². The second kappa shape index (κ2) is 6.44. The Morgan fingerprint density at radius 2 is 1.71 bits per heavy atom. The molecule has 0 aliphatic carbocycles. The minimum absolute atomic E-state index is 0.104. The lowest BCUT2D eigenvalue weighted by Crippen LogP contribution is -2.32. The molecule has 3 rings (SSSR count). The standard InChI is InChI=1S/C18H19NO2/c20-18(13-15-7-3-1-4-8-15)19-12-11-17(14-19)21-16-9-5-2-6-10-16/h1-10,17H,11-14H2. The number of likely N-dealkylation sites (tertiary alicyclic amines) is 1. The Labute approximate surface area is 125 Å². The normalized spacial score (nSPS) is 17.7. The summed E-state index contributed by atoms with van der Waals surface area (Å²) in [5.74, 6) is 1.06. The van der Waals surface area contributed by atoms with Crippen LogP contribution in [0.1, 0.15) is 12.0 Å². The van der Waals surface area contributed by atoms with Crippen molar-refractivity contribution in [1.82, 2.24) is 4.90 Å². The molecule has 0 bridgehead atoms. The number of ether oxygens (including phenoxy) is 1. The smallest absolute Gasteiger partial charge is 0.227 e. The molecular formula is C18H19NO2. The minimum atomic E-state index is 0.104. The highest BCUT2D eigenvalue weighted by Crippen LogP contribution is 2.18. The third-order valence-electron chi connectivity index (χ3n) is 3.74. The first-order valence-electron chi connectivity index (χ1n) is 7.34. The lowest BCUT2D eigenvalue weighted by molar-refractivity contribution is -0.129. The van der Waals surface area contributed by atoms with Crippen LogP contribution in [0, 0.1) is 0 Å². The molecule has 0 radical (unpaired) electrons. The second-order valence-corrected chi connectivity index (χ2v) is 5.34. The van der Waals surface area contributed by atoms with Crippen molar-refractivity contribution in [3.05, 3.63) is 66.2 Å². The zero-order valence-corrected chi connectivity index (χ0v) is 11.9. The molecule has 1 aliphatic rings. The number of carbonyl (C=O) groups excluding carboxylic acids is 1. The molecular weight excluding hydrogens is 262 g/mol. The van der Waals surface area contributed by atoms with Gasteiger partial charge in [0.05, 0.1) is 13.0 Å². The number of nitrogens with zero attached hydrogens (tertiary/aromatic N) is 1. The fourth-order valence-electron chi connectivity index (χ4n) is 2.62. The van der Waals surface area contributed by atoms with Gasteiger partial charge in [-0.05, 0) is 17.7 Å². The Morgan fingerprint density at radius 1 is 1.05 bits per heavy atom. The van der Waals surface area contributed by atoms with E-state index in [9.17, 15) is 4.79 Å². The number of para-hydroxylation sites is 1. The van der Waals surface area contributed by atoms with Gasteiger partial charge >= 0.3 is 0 Å². The van der Waals surface area contributed by atoms with E-state index in [1.807, 2.05) is 65.6 Å². The summed E-state index contributed by atoms with van der Waals surface area (Å²) in [6, 6.07) is 19.7. The van der Waals surface area contributed by atoms with E-state index in [2.05, 4.69) is 0 Å². The van der Waals surface area contributed by atoms with E-state index >= 15 is 0 Å². The van der Waals surface area contributed by atoms with E-state index in [0.29, 0.717) is 13.0 Å². The van der Waals surface area contributed by atoms with Crippen molar-refractivity contribution in [2.75, 3.05) is 13.1 Å². The number of amides is 1. The largest absolute Gasteiger partial charge is 0.489 e. The van der Waals surface area contributed by atoms with Gasteiger partial charge in [0.15, 0.2) is 0 Å². The van der Waals surface area contributed by atoms with Gasteiger partial charge in [0.2, 0.25) is 5.91 Å². The van der Waals surface area contributed by atoms with Crippen molar-refractivity contribution < 1.29 is 9.53 Å². The summed E-state index contributed by atoms with van der Waals surface area (Å²) in [5.41, 5.74) is 1.06. The number of hydrogen-bond donors (Lipinski definition) is 0. The predicted molar refractivity (Wildman–Crippen MR) is 82.2 cm³/mol. The third-order valence-corrected chi connectivity index (χ3v) is 3.74. The highest BCUT2D eigenvalue weighted by molar-refractivity contribution is 5.79. The van der Waals surface area contributed by atoms with Crippen LogP contribution < -0.4 is 4.74 Å². The molecule has 2 aromatic rings. The average molecular weight is 281 g/mol. The SMILES string of the molecule is O=C(Cc1ccccc1)N1CCC(Oc2ccccc2)C1. The summed E-state index contributed by atoms with van der Waals surface area (Å²) in [6.07, 6.45) is 1.47. The van der Waals surface area contributed by atoms with Crippen LogP contribution in [0.25, 0.3) is 0 Å². The Bertz CT molecular complexity index is 583. The van der Waals surface area contributed by atoms with Gasteiger partial charge in [-0.15, -0.1) is 0 Å². The first kappa shape index (κ1) is 13.7. The van der Waals surface area contributed by atoms with Gasteiger partial charge < -0.3 is 9.64 Å². The van der Waals surface area contributed by atoms with Crippen LogP contribution in [0.3, 0.4) is 0 Å². The summed E-state index contributed by atoms with van der Waals surface area (Å²) in [5, 5.41) is 0. The lowest BCUT2D eigenvalue weighted by Gasteiger charge is -2.17. The van der Waals surface area contributed by atoms with E-state index in [4.69, 9.17) is 4.74 Å². The summed E-state index contributed by atoms with van der Waals surface area (Å²) >= 11 is 0. The van der Waals surface area contributed by atoms with Crippen LogP contribution in [0.2, 0.25) is 0 Å². The summed E-state index contributed by atoms with van der Waals surface area (Å²) in [6.45, 7) is 1.46. The van der Waals surface area contributed by atoms with Crippen molar-refractivity contribution in [2.24, 2.45) is 0 Å². The predicted octanol–water partition coefficient (Wildman–Crippen LogP) is 2.91. The molecule has 1 fully saturated rings. The molecule has 0 spiro atoms. The Balaban J connectivity index is 1.53. The van der Waals surface area contributed by atoms with Crippen molar-refractivity contribution in [3.8, 4) is 5.75 Å². The molecule has 1 amide bonds. The van der Waals surface area contributed by atoms with E-state index in [-0.39, 0.29) is 12.0 Å². The van der Waals surface area contributed by atoms with Crippen LogP contribution in [0.15, 0.2) is 60.7 Å². The van der Waals surface area contributed by atoms with E-state index in [1.54, 1.807) is 0 Å². The van der Waals surface area contributed by atoms with Gasteiger partial charge in [0, 0.05) is 13.0 Å².